The van der Waals surface area contributed by atoms with Gasteiger partial charge in [0, 0.05) is 6.54 Å². The molecule has 0 aromatic carbocycles. The minimum absolute atomic E-state index is 0.160. The first kappa shape index (κ1) is 16.4. The van der Waals surface area contributed by atoms with Crippen molar-refractivity contribution in [2.45, 2.75) is 51.6 Å². The molecule has 7 heteroatoms. The molecule has 4 amide bonds. The second kappa shape index (κ2) is 5.78. The van der Waals surface area contributed by atoms with Crippen molar-refractivity contribution in [2.24, 2.45) is 5.73 Å². The highest BCUT2D eigenvalue weighted by atomic mass is 16.2. The van der Waals surface area contributed by atoms with E-state index in [4.69, 9.17) is 5.73 Å². The van der Waals surface area contributed by atoms with Crippen molar-refractivity contribution in [1.82, 2.24) is 15.5 Å². The molecule has 114 valence electrons. The topological polar surface area (TPSA) is 105 Å². The second-order valence-electron chi connectivity index (χ2n) is 5.64. The molecular formula is C13H24N4O3. The van der Waals surface area contributed by atoms with Crippen molar-refractivity contribution in [3.05, 3.63) is 0 Å². The van der Waals surface area contributed by atoms with Crippen molar-refractivity contribution < 1.29 is 14.4 Å². The van der Waals surface area contributed by atoms with Crippen LogP contribution in [0.5, 0.6) is 0 Å². The fraction of sp³-hybridized carbons (Fsp3) is 0.769. The first-order valence-electron chi connectivity index (χ1n) is 6.86. The van der Waals surface area contributed by atoms with Crippen LogP contribution in [-0.2, 0) is 9.59 Å². The van der Waals surface area contributed by atoms with Gasteiger partial charge in [0.1, 0.15) is 12.1 Å². The van der Waals surface area contributed by atoms with Crippen LogP contribution in [0, 0.1) is 0 Å². The predicted octanol–water partition coefficient (Wildman–Crippen LogP) is -0.0495. The first-order chi connectivity index (χ1) is 9.22. The minimum atomic E-state index is -1.02. The summed E-state index contributed by atoms with van der Waals surface area (Å²) in [6, 6.07) is -0.540. The summed E-state index contributed by atoms with van der Waals surface area (Å²) in [5, 5.41) is 5.09. The summed E-state index contributed by atoms with van der Waals surface area (Å²) in [6.45, 7) is 7.29. The zero-order valence-corrected chi connectivity index (χ0v) is 12.6. The number of nitrogens with one attached hydrogen (secondary N) is 2. The van der Waals surface area contributed by atoms with E-state index in [9.17, 15) is 14.4 Å². The van der Waals surface area contributed by atoms with Gasteiger partial charge in [0.25, 0.3) is 5.91 Å². The van der Waals surface area contributed by atoms with Crippen molar-refractivity contribution in [1.29, 1.82) is 0 Å². The Kier molecular flexibility index (Phi) is 4.75. The Bertz CT molecular complexity index is 408. The Hall–Kier alpha value is -1.63. The molecule has 1 heterocycles. The molecule has 0 aromatic rings. The summed E-state index contributed by atoms with van der Waals surface area (Å²) in [5.41, 5.74) is 4.25. The zero-order valence-electron chi connectivity index (χ0n) is 12.6. The molecule has 0 radical (unpaired) electrons. The molecule has 20 heavy (non-hydrogen) atoms. The van der Waals surface area contributed by atoms with Gasteiger partial charge in [-0.25, -0.2) is 4.79 Å². The molecule has 0 aromatic heterocycles. The van der Waals surface area contributed by atoms with Gasteiger partial charge in [-0.05, 0) is 26.7 Å². The SMILES string of the molecule is CCC(CC)(CN)NC(=O)CN1C(=O)NC(=O)C1(C)C. The van der Waals surface area contributed by atoms with Gasteiger partial charge >= 0.3 is 6.03 Å². The van der Waals surface area contributed by atoms with Crippen LogP contribution in [0.15, 0.2) is 0 Å². The largest absolute Gasteiger partial charge is 0.348 e. The van der Waals surface area contributed by atoms with Crippen LogP contribution in [0.4, 0.5) is 4.79 Å². The van der Waals surface area contributed by atoms with Gasteiger partial charge in [-0.3, -0.25) is 14.9 Å². The van der Waals surface area contributed by atoms with E-state index in [2.05, 4.69) is 10.6 Å². The van der Waals surface area contributed by atoms with Crippen molar-refractivity contribution in [2.75, 3.05) is 13.1 Å². The lowest BCUT2D eigenvalue weighted by Gasteiger charge is -2.33. The molecule has 1 fully saturated rings. The third kappa shape index (κ3) is 2.92. The van der Waals surface area contributed by atoms with E-state index >= 15 is 0 Å². The highest BCUT2D eigenvalue weighted by molar-refractivity contribution is 6.07. The lowest BCUT2D eigenvalue weighted by atomic mass is 9.93. The van der Waals surface area contributed by atoms with Crippen LogP contribution in [-0.4, -0.2) is 46.9 Å². The van der Waals surface area contributed by atoms with Crippen molar-refractivity contribution in [3.8, 4) is 0 Å². The molecule has 0 bridgehead atoms. The molecule has 1 aliphatic rings. The Balaban J connectivity index is 2.76. The van der Waals surface area contributed by atoms with Gasteiger partial charge in [0.2, 0.25) is 5.91 Å². The number of nitrogens with two attached hydrogens (primary N) is 1. The van der Waals surface area contributed by atoms with Crippen LogP contribution in [0.2, 0.25) is 0 Å². The summed E-state index contributed by atoms with van der Waals surface area (Å²) < 4.78 is 0. The third-order valence-electron chi connectivity index (χ3n) is 4.15. The summed E-state index contributed by atoms with van der Waals surface area (Å²) in [4.78, 5) is 36.7. The maximum absolute atomic E-state index is 12.1. The number of amides is 4. The molecule has 1 aliphatic heterocycles. The smallest absolute Gasteiger partial charge is 0.325 e. The molecule has 1 rings (SSSR count). The average Bonchev–Trinajstić information content (AvgIpc) is 2.59. The summed E-state index contributed by atoms with van der Waals surface area (Å²) >= 11 is 0. The van der Waals surface area contributed by atoms with E-state index < -0.39 is 23.0 Å². The molecule has 4 N–H and O–H groups in total. The minimum Gasteiger partial charge on any atom is -0.348 e. The van der Waals surface area contributed by atoms with Crippen LogP contribution >= 0.6 is 0 Å². The van der Waals surface area contributed by atoms with Crippen LogP contribution in [0.1, 0.15) is 40.5 Å². The van der Waals surface area contributed by atoms with Gasteiger partial charge in [0.05, 0.1) is 5.54 Å². The summed E-state index contributed by atoms with van der Waals surface area (Å²) in [7, 11) is 0. The number of imide groups is 1. The van der Waals surface area contributed by atoms with Crippen LogP contribution in [0.25, 0.3) is 0 Å². The summed E-state index contributed by atoms with van der Waals surface area (Å²) in [6.07, 6.45) is 1.42. The summed E-state index contributed by atoms with van der Waals surface area (Å²) in [5.74, 6) is -0.705. The molecule has 0 atom stereocenters. The van der Waals surface area contributed by atoms with Gasteiger partial charge in [-0.1, -0.05) is 13.8 Å². The number of nitrogens with zero attached hydrogens (tertiary/aromatic N) is 1. The Morgan fingerprint density at radius 1 is 1.35 bits per heavy atom. The predicted molar refractivity (Wildman–Crippen MR) is 74.8 cm³/mol. The fourth-order valence-electron chi connectivity index (χ4n) is 2.21. The monoisotopic (exact) mass is 284 g/mol. The number of hydrogen-bond donors (Lipinski definition) is 3. The van der Waals surface area contributed by atoms with Gasteiger partial charge in [-0.2, -0.15) is 0 Å². The van der Waals surface area contributed by atoms with Crippen LogP contribution < -0.4 is 16.4 Å². The molecular weight excluding hydrogens is 260 g/mol. The highest BCUT2D eigenvalue weighted by Gasteiger charge is 2.46. The van der Waals surface area contributed by atoms with E-state index in [-0.39, 0.29) is 12.5 Å². The molecule has 7 nitrogen and oxygen atoms in total. The number of hydrogen-bond acceptors (Lipinski definition) is 4. The van der Waals surface area contributed by atoms with E-state index in [1.807, 2.05) is 13.8 Å². The average molecular weight is 284 g/mol. The fourth-order valence-corrected chi connectivity index (χ4v) is 2.21. The number of rotatable bonds is 6. The quantitative estimate of drug-likeness (QED) is 0.595. The zero-order chi connectivity index (χ0) is 15.6. The van der Waals surface area contributed by atoms with Gasteiger partial charge < -0.3 is 16.0 Å². The Morgan fingerprint density at radius 3 is 2.25 bits per heavy atom. The van der Waals surface area contributed by atoms with Crippen LogP contribution in [0.3, 0.4) is 0 Å². The Morgan fingerprint density at radius 2 is 1.90 bits per heavy atom. The molecule has 0 saturated carbocycles. The van der Waals surface area contributed by atoms with E-state index in [0.717, 1.165) is 0 Å². The number of carbonyl (C=O) groups is 3. The first-order valence-corrected chi connectivity index (χ1v) is 6.86. The van der Waals surface area contributed by atoms with E-state index in [1.54, 1.807) is 13.8 Å². The maximum Gasteiger partial charge on any atom is 0.325 e. The van der Waals surface area contributed by atoms with Crippen molar-refractivity contribution in [3.63, 3.8) is 0 Å². The van der Waals surface area contributed by atoms with E-state index in [1.165, 1.54) is 4.90 Å². The molecule has 0 aliphatic carbocycles. The molecule has 0 unspecified atom stereocenters. The van der Waals surface area contributed by atoms with Crippen molar-refractivity contribution >= 4 is 17.8 Å². The lowest BCUT2D eigenvalue weighted by molar-refractivity contribution is -0.127. The van der Waals surface area contributed by atoms with Gasteiger partial charge in [0.15, 0.2) is 0 Å². The maximum atomic E-state index is 12.1. The number of urea groups is 1. The lowest BCUT2D eigenvalue weighted by Crippen LogP contribution is -2.57. The second-order valence-corrected chi connectivity index (χ2v) is 5.64. The molecule has 1 saturated heterocycles. The van der Waals surface area contributed by atoms with Gasteiger partial charge in [-0.15, -0.1) is 0 Å². The standard InChI is InChI=1S/C13H24N4O3/c1-5-13(6-2,8-14)16-9(18)7-17-11(20)15-10(19)12(17,3)4/h5-8,14H2,1-4H3,(H,16,18)(H,15,19,20). The Labute approximate surface area is 119 Å². The normalized spacial score (nSPS) is 18.1. The number of carbonyl (C=O) groups excluding carboxylic acids is 3. The highest BCUT2D eigenvalue weighted by Crippen LogP contribution is 2.20. The third-order valence-corrected chi connectivity index (χ3v) is 4.15. The molecule has 0 spiro atoms. The van der Waals surface area contributed by atoms with E-state index in [0.29, 0.717) is 19.4 Å².